The fourth-order valence-corrected chi connectivity index (χ4v) is 2.11. The Balaban J connectivity index is 2.77. The van der Waals surface area contributed by atoms with E-state index in [1.165, 1.54) is 0 Å². The molecule has 1 amide bonds. The summed E-state index contributed by atoms with van der Waals surface area (Å²) in [6.45, 7) is 10.6. The number of ether oxygens (including phenoxy) is 2. The van der Waals surface area contributed by atoms with E-state index in [4.69, 9.17) is 21.1 Å². The van der Waals surface area contributed by atoms with Gasteiger partial charge in [-0.1, -0.05) is 17.7 Å². The fraction of sp³-hybridized carbons (Fsp3) is 0.471. The third kappa shape index (κ3) is 6.93. The Hall–Kier alpha value is -1.72. The van der Waals surface area contributed by atoms with Gasteiger partial charge in [0.2, 0.25) is 0 Å². The van der Waals surface area contributed by atoms with Crippen molar-refractivity contribution in [2.75, 3.05) is 20.3 Å². The van der Waals surface area contributed by atoms with Gasteiger partial charge in [-0.25, -0.2) is 0 Å². The first kappa shape index (κ1) is 19.3. The lowest BCUT2D eigenvalue weighted by Crippen LogP contribution is -2.43. The molecule has 0 aliphatic carbocycles. The Kier molecular flexibility index (Phi) is 7.39. The summed E-state index contributed by atoms with van der Waals surface area (Å²) in [4.78, 5) is 11.8. The van der Waals surface area contributed by atoms with Crippen LogP contribution in [-0.2, 0) is 11.3 Å². The monoisotopic (exact) mass is 340 g/mol. The Labute approximate surface area is 143 Å². The molecule has 0 radical (unpaired) electrons. The average Bonchev–Trinajstić information content (AvgIpc) is 2.45. The van der Waals surface area contributed by atoms with Gasteiger partial charge in [0.15, 0.2) is 18.1 Å². The first-order chi connectivity index (χ1) is 10.8. The molecule has 0 aliphatic rings. The van der Waals surface area contributed by atoms with Crippen molar-refractivity contribution in [2.24, 2.45) is 0 Å². The molecule has 1 aromatic carbocycles. The number of benzene rings is 1. The number of nitrogens with one attached hydrogen (secondary N) is 2. The maximum atomic E-state index is 11.8. The van der Waals surface area contributed by atoms with Gasteiger partial charge in [0.05, 0.1) is 7.11 Å². The average molecular weight is 341 g/mol. The maximum Gasteiger partial charge on any atom is 0.258 e. The van der Waals surface area contributed by atoms with Crippen LogP contribution in [-0.4, -0.2) is 31.7 Å². The van der Waals surface area contributed by atoms with Crippen molar-refractivity contribution < 1.29 is 14.3 Å². The maximum absolute atomic E-state index is 11.8. The number of methoxy groups -OCH3 is 1. The van der Waals surface area contributed by atoms with Gasteiger partial charge in [-0.2, -0.15) is 0 Å². The molecule has 23 heavy (non-hydrogen) atoms. The van der Waals surface area contributed by atoms with E-state index in [9.17, 15) is 4.79 Å². The first-order valence-corrected chi connectivity index (χ1v) is 7.76. The van der Waals surface area contributed by atoms with E-state index in [2.05, 4.69) is 17.2 Å². The topological polar surface area (TPSA) is 59.6 Å². The summed E-state index contributed by atoms with van der Waals surface area (Å²) >= 11 is 6.26. The standard InChI is InChI=1S/C17H25ClN2O3/c1-6-7-19-10-12-8-14(22-5)15(9-13(12)18)23-11-16(21)20-17(2,3)4/h6,8-9,19H,1,7,10-11H2,2-5H3,(H,20,21). The molecule has 0 aliphatic heterocycles. The molecule has 128 valence electrons. The van der Waals surface area contributed by atoms with E-state index in [0.29, 0.717) is 29.6 Å². The number of hydrogen-bond donors (Lipinski definition) is 2. The van der Waals surface area contributed by atoms with Crippen molar-refractivity contribution in [2.45, 2.75) is 32.9 Å². The van der Waals surface area contributed by atoms with Crippen LogP contribution < -0.4 is 20.1 Å². The van der Waals surface area contributed by atoms with Crippen molar-refractivity contribution in [1.82, 2.24) is 10.6 Å². The molecular weight excluding hydrogens is 316 g/mol. The lowest BCUT2D eigenvalue weighted by atomic mass is 10.1. The summed E-state index contributed by atoms with van der Waals surface area (Å²) in [5.41, 5.74) is 0.583. The molecule has 5 nitrogen and oxygen atoms in total. The molecule has 1 aromatic rings. The van der Waals surface area contributed by atoms with E-state index in [1.807, 2.05) is 20.8 Å². The summed E-state index contributed by atoms with van der Waals surface area (Å²) in [7, 11) is 1.55. The van der Waals surface area contributed by atoms with Gasteiger partial charge in [0.1, 0.15) is 0 Å². The fourth-order valence-electron chi connectivity index (χ4n) is 1.89. The summed E-state index contributed by atoms with van der Waals surface area (Å²) in [5.74, 6) is 0.773. The van der Waals surface area contributed by atoms with Crippen LogP contribution in [0, 0.1) is 0 Å². The Morgan fingerprint density at radius 3 is 2.61 bits per heavy atom. The predicted octanol–water partition coefficient (Wildman–Crippen LogP) is 2.92. The molecule has 1 rings (SSSR count). The summed E-state index contributed by atoms with van der Waals surface area (Å²) in [5, 5.41) is 6.56. The van der Waals surface area contributed by atoms with Crippen LogP contribution in [0.3, 0.4) is 0 Å². The van der Waals surface area contributed by atoms with Crippen LogP contribution in [0.2, 0.25) is 5.02 Å². The third-order valence-electron chi connectivity index (χ3n) is 2.81. The lowest BCUT2D eigenvalue weighted by Gasteiger charge is -2.21. The molecule has 0 saturated heterocycles. The summed E-state index contributed by atoms with van der Waals surface area (Å²) in [6.07, 6.45) is 1.77. The highest BCUT2D eigenvalue weighted by molar-refractivity contribution is 6.31. The molecule has 0 heterocycles. The Morgan fingerprint density at radius 2 is 2.04 bits per heavy atom. The number of carbonyl (C=O) groups excluding carboxylic acids is 1. The van der Waals surface area contributed by atoms with Crippen molar-refractivity contribution in [3.8, 4) is 11.5 Å². The second kappa shape index (κ2) is 8.79. The molecule has 2 N–H and O–H groups in total. The van der Waals surface area contributed by atoms with Crippen molar-refractivity contribution >= 4 is 17.5 Å². The van der Waals surface area contributed by atoms with Crippen molar-refractivity contribution in [3.63, 3.8) is 0 Å². The predicted molar refractivity (Wildman–Crippen MR) is 93.3 cm³/mol. The van der Waals surface area contributed by atoms with E-state index in [0.717, 1.165) is 5.56 Å². The Morgan fingerprint density at radius 1 is 1.35 bits per heavy atom. The molecule has 6 heteroatoms. The van der Waals surface area contributed by atoms with Crippen LogP contribution in [0.1, 0.15) is 26.3 Å². The second-order valence-electron chi connectivity index (χ2n) is 6.10. The number of halogens is 1. The summed E-state index contributed by atoms with van der Waals surface area (Å²) < 4.78 is 10.9. The molecule has 0 fully saturated rings. The van der Waals surface area contributed by atoms with E-state index in [1.54, 1.807) is 25.3 Å². The van der Waals surface area contributed by atoms with Gasteiger partial charge in [0, 0.05) is 29.7 Å². The highest BCUT2D eigenvalue weighted by Crippen LogP contribution is 2.33. The normalized spacial score (nSPS) is 11.0. The minimum absolute atomic E-state index is 0.0992. The van der Waals surface area contributed by atoms with Gasteiger partial charge >= 0.3 is 0 Å². The minimum atomic E-state index is -0.303. The van der Waals surface area contributed by atoms with Gasteiger partial charge in [-0.15, -0.1) is 6.58 Å². The largest absolute Gasteiger partial charge is 0.493 e. The van der Waals surface area contributed by atoms with Crippen LogP contribution in [0.4, 0.5) is 0 Å². The second-order valence-corrected chi connectivity index (χ2v) is 6.51. The molecule has 0 atom stereocenters. The minimum Gasteiger partial charge on any atom is -0.493 e. The molecule has 0 aromatic heterocycles. The molecule has 0 bridgehead atoms. The lowest BCUT2D eigenvalue weighted by molar-refractivity contribution is -0.124. The smallest absolute Gasteiger partial charge is 0.258 e. The highest BCUT2D eigenvalue weighted by Gasteiger charge is 2.16. The zero-order valence-corrected chi connectivity index (χ0v) is 14.9. The number of carbonyl (C=O) groups is 1. The van der Waals surface area contributed by atoms with Gasteiger partial charge in [-0.3, -0.25) is 4.79 Å². The highest BCUT2D eigenvalue weighted by atomic mass is 35.5. The zero-order chi connectivity index (χ0) is 17.5. The number of hydrogen-bond acceptors (Lipinski definition) is 4. The first-order valence-electron chi connectivity index (χ1n) is 7.38. The number of rotatable bonds is 8. The van der Waals surface area contributed by atoms with E-state index >= 15 is 0 Å². The molecule has 0 saturated carbocycles. The molecule has 0 unspecified atom stereocenters. The van der Waals surface area contributed by atoms with Crippen LogP contribution >= 0.6 is 11.6 Å². The third-order valence-corrected chi connectivity index (χ3v) is 3.16. The Bertz CT molecular complexity index is 554. The van der Waals surface area contributed by atoms with Crippen LogP contribution in [0.15, 0.2) is 24.8 Å². The van der Waals surface area contributed by atoms with Gasteiger partial charge in [0.25, 0.3) is 5.91 Å². The van der Waals surface area contributed by atoms with Crippen LogP contribution in [0.25, 0.3) is 0 Å². The quantitative estimate of drug-likeness (QED) is 0.564. The van der Waals surface area contributed by atoms with Crippen LogP contribution in [0.5, 0.6) is 11.5 Å². The van der Waals surface area contributed by atoms with Crippen molar-refractivity contribution in [3.05, 3.63) is 35.4 Å². The molecular formula is C17H25ClN2O3. The SMILES string of the molecule is C=CCNCc1cc(OC)c(OCC(=O)NC(C)(C)C)cc1Cl. The van der Waals surface area contributed by atoms with Gasteiger partial charge < -0.3 is 20.1 Å². The van der Waals surface area contributed by atoms with Crippen molar-refractivity contribution in [1.29, 1.82) is 0 Å². The zero-order valence-electron chi connectivity index (χ0n) is 14.2. The van der Waals surface area contributed by atoms with Gasteiger partial charge in [-0.05, 0) is 32.4 Å². The summed E-state index contributed by atoms with van der Waals surface area (Å²) in [6, 6.07) is 3.46. The number of amides is 1. The van der Waals surface area contributed by atoms with E-state index in [-0.39, 0.29) is 18.1 Å². The molecule has 0 spiro atoms. The van der Waals surface area contributed by atoms with E-state index < -0.39 is 0 Å².